The van der Waals surface area contributed by atoms with Gasteiger partial charge < -0.3 is 15.6 Å². The molecule has 18 heavy (non-hydrogen) atoms. The molecule has 0 radical (unpaired) electrons. The summed E-state index contributed by atoms with van der Waals surface area (Å²) in [4.78, 5) is 16.0. The van der Waals surface area contributed by atoms with Crippen LogP contribution in [-0.4, -0.2) is 15.5 Å². The normalized spacial score (nSPS) is 12.1. The first-order valence-electron chi connectivity index (χ1n) is 5.72. The van der Waals surface area contributed by atoms with Crippen LogP contribution in [0.1, 0.15) is 18.5 Å². The summed E-state index contributed by atoms with van der Waals surface area (Å²) in [5, 5.41) is 2.88. The molecule has 94 valence electrons. The lowest BCUT2D eigenvalue weighted by molar-refractivity contribution is -0.118. The molecule has 0 bridgehead atoms. The van der Waals surface area contributed by atoms with Crippen LogP contribution in [0.4, 0.5) is 11.4 Å². The SMILES string of the molecule is Cc1cc(N)ccc1NC(=O)C(C)n1ccnc1. The van der Waals surface area contributed by atoms with Crippen molar-refractivity contribution in [2.75, 3.05) is 11.1 Å². The van der Waals surface area contributed by atoms with Crippen molar-refractivity contribution < 1.29 is 4.79 Å². The number of rotatable bonds is 3. The van der Waals surface area contributed by atoms with Gasteiger partial charge in [-0.25, -0.2) is 4.98 Å². The first kappa shape index (κ1) is 12.2. The van der Waals surface area contributed by atoms with Gasteiger partial charge in [0.2, 0.25) is 5.91 Å². The molecule has 1 heterocycles. The molecule has 1 aromatic carbocycles. The number of hydrogen-bond acceptors (Lipinski definition) is 3. The highest BCUT2D eigenvalue weighted by atomic mass is 16.2. The van der Waals surface area contributed by atoms with Gasteiger partial charge in [-0.2, -0.15) is 0 Å². The average Bonchev–Trinajstić information content (AvgIpc) is 2.85. The summed E-state index contributed by atoms with van der Waals surface area (Å²) in [5.41, 5.74) is 8.08. The van der Waals surface area contributed by atoms with Crippen molar-refractivity contribution in [1.82, 2.24) is 9.55 Å². The Morgan fingerprint density at radius 1 is 1.50 bits per heavy atom. The van der Waals surface area contributed by atoms with Gasteiger partial charge in [-0.15, -0.1) is 0 Å². The Labute approximate surface area is 106 Å². The monoisotopic (exact) mass is 244 g/mol. The minimum absolute atomic E-state index is 0.0825. The molecule has 5 heteroatoms. The summed E-state index contributed by atoms with van der Waals surface area (Å²) < 4.78 is 1.75. The second-order valence-corrected chi connectivity index (χ2v) is 4.25. The number of aromatic nitrogens is 2. The van der Waals surface area contributed by atoms with Crippen molar-refractivity contribution in [2.45, 2.75) is 19.9 Å². The number of nitrogens with zero attached hydrogens (tertiary/aromatic N) is 2. The summed E-state index contributed by atoms with van der Waals surface area (Å²) in [6.07, 6.45) is 5.04. The molecular formula is C13H16N4O. The molecule has 5 nitrogen and oxygen atoms in total. The third-order valence-electron chi connectivity index (χ3n) is 2.86. The van der Waals surface area contributed by atoms with Crippen LogP contribution in [0.25, 0.3) is 0 Å². The van der Waals surface area contributed by atoms with Crippen molar-refractivity contribution in [3.05, 3.63) is 42.5 Å². The fourth-order valence-corrected chi connectivity index (χ4v) is 1.70. The lowest BCUT2D eigenvalue weighted by Crippen LogP contribution is -2.23. The Bertz CT molecular complexity index is 548. The molecule has 0 saturated heterocycles. The maximum Gasteiger partial charge on any atom is 0.247 e. The van der Waals surface area contributed by atoms with E-state index in [2.05, 4.69) is 10.3 Å². The van der Waals surface area contributed by atoms with Gasteiger partial charge >= 0.3 is 0 Å². The number of carbonyl (C=O) groups excluding carboxylic acids is 1. The summed E-state index contributed by atoms with van der Waals surface area (Å²) >= 11 is 0. The number of anilines is 2. The predicted molar refractivity (Wildman–Crippen MR) is 71.2 cm³/mol. The lowest BCUT2D eigenvalue weighted by Gasteiger charge is -2.14. The topological polar surface area (TPSA) is 72.9 Å². The van der Waals surface area contributed by atoms with Crippen LogP contribution in [0.15, 0.2) is 36.9 Å². The first-order valence-corrected chi connectivity index (χ1v) is 5.72. The van der Waals surface area contributed by atoms with E-state index < -0.39 is 0 Å². The minimum atomic E-state index is -0.301. The van der Waals surface area contributed by atoms with E-state index >= 15 is 0 Å². The third-order valence-corrected chi connectivity index (χ3v) is 2.86. The molecule has 0 aliphatic rings. The number of benzene rings is 1. The van der Waals surface area contributed by atoms with Crippen molar-refractivity contribution in [3.63, 3.8) is 0 Å². The predicted octanol–water partition coefficient (Wildman–Crippen LogP) is 1.97. The number of nitrogens with two attached hydrogens (primary N) is 1. The summed E-state index contributed by atoms with van der Waals surface area (Å²) in [6.45, 7) is 3.73. The van der Waals surface area contributed by atoms with Crippen molar-refractivity contribution in [3.8, 4) is 0 Å². The summed E-state index contributed by atoms with van der Waals surface area (Å²) in [7, 11) is 0. The standard InChI is InChI=1S/C13H16N4O/c1-9-7-11(14)3-4-12(9)16-13(18)10(2)17-6-5-15-8-17/h3-8,10H,14H2,1-2H3,(H,16,18). The summed E-state index contributed by atoms with van der Waals surface area (Å²) in [6, 6.07) is 5.11. The van der Waals surface area contributed by atoms with Crippen LogP contribution in [0, 0.1) is 6.92 Å². The number of nitrogen functional groups attached to an aromatic ring is 1. The van der Waals surface area contributed by atoms with E-state index in [4.69, 9.17) is 5.73 Å². The number of amides is 1. The fraction of sp³-hybridized carbons (Fsp3) is 0.231. The quantitative estimate of drug-likeness (QED) is 0.811. The second-order valence-electron chi connectivity index (χ2n) is 4.25. The first-order chi connectivity index (χ1) is 8.58. The zero-order valence-electron chi connectivity index (χ0n) is 10.4. The number of aryl methyl sites for hydroxylation is 1. The number of hydrogen-bond donors (Lipinski definition) is 2. The number of imidazole rings is 1. The van der Waals surface area contributed by atoms with Crippen LogP contribution in [0.3, 0.4) is 0 Å². The molecule has 3 N–H and O–H groups in total. The van der Waals surface area contributed by atoms with E-state index in [1.54, 1.807) is 29.4 Å². The molecule has 0 aliphatic carbocycles. The van der Waals surface area contributed by atoms with Crippen molar-refractivity contribution >= 4 is 17.3 Å². The second kappa shape index (κ2) is 4.91. The molecule has 1 aromatic heterocycles. The molecule has 1 amide bonds. The third kappa shape index (κ3) is 2.51. The van der Waals surface area contributed by atoms with E-state index in [0.717, 1.165) is 11.3 Å². The van der Waals surface area contributed by atoms with Crippen molar-refractivity contribution in [2.24, 2.45) is 0 Å². The molecule has 1 unspecified atom stereocenters. The maximum atomic E-state index is 12.1. The largest absolute Gasteiger partial charge is 0.399 e. The molecule has 0 saturated carbocycles. The smallest absolute Gasteiger partial charge is 0.247 e. The Hall–Kier alpha value is -2.30. The highest BCUT2D eigenvalue weighted by molar-refractivity contribution is 5.94. The Kier molecular flexibility index (Phi) is 3.32. The molecule has 0 spiro atoms. The molecule has 2 rings (SSSR count). The molecule has 0 fully saturated rings. The van der Waals surface area contributed by atoms with E-state index in [-0.39, 0.29) is 11.9 Å². The van der Waals surface area contributed by atoms with Crippen LogP contribution < -0.4 is 11.1 Å². The number of carbonyl (C=O) groups is 1. The highest BCUT2D eigenvalue weighted by Gasteiger charge is 2.14. The van der Waals surface area contributed by atoms with Gasteiger partial charge in [0, 0.05) is 23.8 Å². The zero-order chi connectivity index (χ0) is 13.1. The van der Waals surface area contributed by atoms with Gasteiger partial charge in [0.15, 0.2) is 0 Å². The fourth-order valence-electron chi connectivity index (χ4n) is 1.70. The zero-order valence-corrected chi connectivity index (χ0v) is 10.4. The molecule has 1 atom stereocenters. The average molecular weight is 244 g/mol. The Morgan fingerprint density at radius 3 is 2.89 bits per heavy atom. The lowest BCUT2D eigenvalue weighted by atomic mass is 10.1. The number of nitrogens with one attached hydrogen (secondary N) is 1. The highest BCUT2D eigenvalue weighted by Crippen LogP contribution is 2.19. The molecule has 2 aromatic rings. The van der Waals surface area contributed by atoms with E-state index in [9.17, 15) is 4.79 Å². The van der Waals surface area contributed by atoms with Crippen molar-refractivity contribution in [1.29, 1.82) is 0 Å². The minimum Gasteiger partial charge on any atom is -0.399 e. The summed E-state index contributed by atoms with van der Waals surface area (Å²) in [5.74, 6) is -0.0825. The van der Waals surface area contributed by atoms with Crippen LogP contribution in [0.5, 0.6) is 0 Å². The van der Waals surface area contributed by atoms with E-state index in [1.807, 2.05) is 26.0 Å². The Balaban J connectivity index is 2.12. The van der Waals surface area contributed by atoms with Crippen LogP contribution in [-0.2, 0) is 4.79 Å². The van der Waals surface area contributed by atoms with Gasteiger partial charge in [-0.1, -0.05) is 0 Å². The van der Waals surface area contributed by atoms with Crippen LogP contribution >= 0.6 is 0 Å². The van der Waals surface area contributed by atoms with Gasteiger partial charge in [0.25, 0.3) is 0 Å². The van der Waals surface area contributed by atoms with E-state index in [1.165, 1.54) is 0 Å². The maximum absolute atomic E-state index is 12.1. The van der Waals surface area contributed by atoms with Gasteiger partial charge in [0.05, 0.1) is 6.33 Å². The van der Waals surface area contributed by atoms with E-state index in [0.29, 0.717) is 5.69 Å². The molecule has 0 aliphatic heterocycles. The van der Waals surface area contributed by atoms with Gasteiger partial charge in [-0.3, -0.25) is 4.79 Å². The van der Waals surface area contributed by atoms with Crippen LogP contribution in [0.2, 0.25) is 0 Å². The Morgan fingerprint density at radius 2 is 2.28 bits per heavy atom. The van der Waals surface area contributed by atoms with Gasteiger partial charge in [0.1, 0.15) is 6.04 Å². The molecular weight excluding hydrogens is 228 g/mol. The van der Waals surface area contributed by atoms with Gasteiger partial charge in [-0.05, 0) is 37.6 Å².